The number of hydrogen-bond acceptors (Lipinski definition) is 4. The van der Waals surface area contributed by atoms with Gasteiger partial charge in [0.1, 0.15) is 0 Å². The lowest BCUT2D eigenvalue weighted by molar-refractivity contribution is 0.0244. The van der Waals surface area contributed by atoms with Gasteiger partial charge in [0.15, 0.2) is 9.84 Å². The molecular weight excluding hydrogens is 238 g/mol. The van der Waals surface area contributed by atoms with Crippen molar-refractivity contribution in [3.05, 3.63) is 0 Å². The third-order valence-corrected chi connectivity index (χ3v) is 5.21. The van der Waals surface area contributed by atoms with E-state index in [0.29, 0.717) is 18.7 Å². The second-order valence-electron chi connectivity index (χ2n) is 5.25. The Labute approximate surface area is 105 Å². The molecule has 102 valence electrons. The van der Waals surface area contributed by atoms with Crippen LogP contribution in [0.1, 0.15) is 33.1 Å². The van der Waals surface area contributed by atoms with Crippen LogP contribution in [0, 0.1) is 5.41 Å². The first-order valence-electron chi connectivity index (χ1n) is 6.46. The van der Waals surface area contributed by atoms with E-state index in [1.165, 1.54) is 0 Å². The van der Waals surface area contributed by atoms with Crippen molar-refractivity contribution in [3.8, 4) is 0 Å². The maximum absolute atomic E-state index is 11.5. The number of sulfone groups is 1. The summed E-state index contributed by atoms with van der Waals surface area (Å²) in [6.45, 7) is 7.24. The summed E-state index contributed by atoms with van der Waals surface area (Å²) in [6.07, 6.45) is 2.82. The molecule has 1 saturated heterocycles. The molecule has 0 amide bonds. The molecule has 0 aromatic rings. The normalized spacial score (nSPS) is 20.4. The van der Waals surface area contributed by atoms with E-state index in [9.17, 15) is 8.42 Å². The zero-order valence-electron chi connectivity index (χ0n) is 11.0. The van der Waals surface area contributed by atoms with Crippen LogP contribution in [0.5, 0.6) is 0 Å². The Morgan fingerprint density at radius 1 is 1.24 bits per heavy atom. The predicted octanol–water partition coefficient (Wildman–Crippen LogP) is 1.22. The van der Waals surface area contributed by atoms with Gasteiger partial charge in [-0.1, -0.05) is 13.8 Å². The molecule has 0 aromatic carbocycles. The molecule has 0 bridgehead atoms. The topological polar surface area (TPSA) is 55.4 Å². The predicted molar refractivity (Wildman–Crippen MR) is 70.0 cm³/mol. The molecule has 1 heterocycles. The van der Waals surface area contributed by atoms with Gasteiger partial charge < -0.3 is 10.1 Å². The zero-order valence-corrected chi connectivity index (χ0v) is 11.8. The molecule has 4 nitrogen and oxygen atoms in total. The van der Waals surface area contributed by atoms with Crippen molar-refractivity contribution < 1.29 is 13.2 Å². The fraction of sp³-hybridized carbons (Fsp3) is 1.00. The second-order valence-corrected chi connectivity index (χ2v) is 7.56. The lowest BCUT2D eigenvalue weighted by Gasteiger charge is -2.33. The summed E-state index contributed by atoms with van der Waals surface area (Å²) in [5, 5.41) is 3.28. The summed E-state index contributed by atoms with van der Waals surface area (Å²) in [5.74, 6) is 0.563. The highest BCUT2D eigenvalue weighted by atomic mass is 32.2. The highest BCUT2D eigenvalue weighted by Gasteiger charge is 2.26. The lowest BCUT2D eigenvalue weighted by Crippen LogP contribution is -2.38. The molecule has 17 heavy (non-hydrogen) atoms. The third-order valence-electron chi connectivity index (χ3n) is 3.36. The molecule has 1 fully saturated rings. The Morgan fingerprint density at radius 2 is 1.88 bits per heavy atom. The molecule has 0 saturated carbocycles. The number of rotatable bonds is 7. The molecule has 5 heteroatoms. The van der Waals surface area contributed by atoms with E-state index in [0.717, 1.165) is 32.6 Å². The van der Waals surface area contributed by atoms with Gasteiger partial charge in [-0.3, -0.25) is 0 Å². The molecule has 0 aliphatic carbocycles. The summed E-state index contributed by atoms with van der Waals surface area (Å²) in [6, 6.07) is 0. The molecule has 0 radical (unpaired) electrons. The minimum atomic E-state index is -2.84. The van der Waals surface area contributed by atoms with Gasteiger partial charge in [-0.2, -0.15) is 0 Å². The van der Waals surface area contributed by atoms with E-state index < -0.39 is 9.84 Å². The van der Waals surface area contributed by atoms with Crippen LogP contribution < -0.4 is 5.32 Å². The molecule has 1 rings (SSSR count). The highest BCUT2D eigenvalue weighted by Crippen LogP contribution is 2.28. The van der Waals surface area contributed by atoms with Crippen molar-refractivity contribution in [1.29, 1.82) is 0 Å². The average Bonchev–Trinajstić information content (AvgIpc) is 2.26. The van der Waals surface area contributed by atoms with Crippen LogP contribution in [-0.2, 0) is 14.6 Å². The fourth-order valence-electron chi connectivity index (χ4n) is 2.07. The van der Waals surface area contributed by atoms with E-state index in [-0.39, 0.29) is 11.2 Å². The molecule has 0 atom stereocenters. The van der Waals surface area contributed by atoms with Crippen molar-refractivity contribution >= 4 is 9.84 Å². The van der Waals surface area contributed by atoms with Crippen molar-refractivity contribution in [1.82, 2.24) is 5.32 Å². The van der Waals surface area contributed by atoms with Crippen LogP contribution in [0.15, 0.2) is 0 Å². The Bertz CT molecular complexity index is 308. The Morgan fingerprint density at radius 3 is 2.47 bits per heavy atom. The van der Waals surface area contributed by atoms with Crippen LogP contribution in [0.3, 0.4) is 0 Å². The van der Waals surface area contributed by atoms with E-state index >= 15 is 0 Å². The lowest BCUT2D eigenvalue weighted by atomic mass is 9.82. The fourth-order valence-corrected chi connectivity index (χ4v) is 3.35. The van der Waals surface area contributed by atoms with Crippen molar-refractivity contribution in [2.24, 2.45) is 5.41 Å². The second kappa shape index (κ2) is 6.71. The Kier molecular flexibility index (Phi) is 5.89. The monoisotopic (exact) mass is 263 g/mol. The van der Waals surface area contributed by atoms with Crippen LogP contribution in [-0.4, -0.2) is 46.2 Å². The number of hydrogen-bond donors (Lipinski definition) is 1. The van der Waals surface area contributed by atoms with Gasteiger partial charge in [0.25, 0.3) is 0 Å². The summed E-state index contributed by atoms with van der Waals surface area (Å²) in [7, 11) is -2.84. The van der Waals surface area contributed by atoms with Crippen LogP contribution in [0.25, 0.3) is 0 Å². The van der Waals surface area contributed by atoms with Gasteiger partial charge in [0, 0.05) is 32.1 Å². The molecule has 1 aliphatic heterocycles. The minimum Gasteiger partial charge on any atom is -0.381 e. The summed E-state index contributed by atoms with van der Waals surface area (Å²) >= 11 is 0. The van der Waals surface area contributed by atoms with Crippen molar-refractivity contribution in [2.75, 3.05) is 37.8 Å². The summed E-state index contributed by atoms with van der Waals surface area (Å²) < 4.78 is 28.3. The maximum Gasteiger partial charge on any atom is 0.151 e. The van der Waals surface area contributed by atoms with E-state index in [4.69, 9.17) is 4.74 Å². The third kappa shape index (κ3) is 5.84. The van der Waals surface area contributed by atoms with Gasteiger partial charge in [-0.05, 0) is 24.7 Å². The first-order chi connectivity index (χ1) is 7.97. The SMILES string of the molecule is CCCS(=O)(=O)CCNCC1(C)CCOCC1. The van der Waals surface area contributed by atoms with Gasteiger partial charge in [0.05, 0.1) is 5.75 Å². The number of nitrogens with one attached hydrogen (secondary N) is 1. The molecular formula is C12H25NO3S. The molecule has 0 aromatic heterocycles. The van der Waals surface area contributed by atoms with Crippen LogP contribution >= 0.6 is 0 Å². The van der Waals surface area contributed by atoms with Crippen molar-refractivity contribution in [2.45, 2.75) is 33.1 Å². The Hall–Kier alpha value is -0.130. The van der Waals surface area contributed by atoms with Gasteiger partial charge >= 0.3 is 0 Å². The van der Waals surface area contributed by atoms with E-state index in [1.54, 1.807) is 0 Å². The minimum absolute atomic E-state index is 0.257. The van der Waals surface area contributed by atoms with Gasteiger partial charge in [0.2, 0.25) is 0 Å². The summed E-state index contributed by atoms with van der Waals surface area (Å²) in [4.78, 5) is 0. The molecule has 1 aliphatic rings. The quantitative estimate of drug-likeness (QED) is 0.702. The smallest absolute Gasteiger partial charge is 0.151 e. The van der Waals surface area contributed by atoms with Crippen LogP contribution in [0.2, 0.25) is 0 Å². The molecule has 0 unspecified atom stereocenters. The molecule has 0 spiro atoms. The first kappa shape index (κ1) is 14.9. The van der Waals surface area contributed by atoms with Gasteiger partial charge in [-0.25, -0.2) is 8.42 Å². The maximum atomic E-state index is 11.5. The van der Waals surface area contributed by atoms with Crippen molar-refractivity contribution in [3.63, 3.8) is 0 Å². The number of ether oxygens (including phenoxy) is 1. The van der Waals surface area contributed by atoms with E-state index in [1.807, 2.05) is 6.92 Å². The zero-order chi connectivity index (χ0) is 12.8. The summed E-state index contributed by atoms with van der Waals surface area (Å²) in [5.41, 5.74) is 0.271. The standard InChI is InChI=1S/C12H25NO3S/c1-3-9-17(14,15)10-6-13-11-12(2)4-7-16-8-5-12/h13H,3-11H2,1-2H3. The van der Waals surface area contributed by atoms with Gasteiger partial charge in [-0.15, -0.1) is 0 Å². The van der Waals surface area contributed by atoms with Crippen LogP contribution in [0.4, 0.5) is 0 Å². The first-order valence-corrected chi connectivity index (χ1v) is 8.28. The van der Waals surface area contributed by atoms with E-state index in [2.05, 4.69) is 12.2 Å². The largest absolute Gasteiger partial charge is 0.381 e. The molecule has 1 N–H and O–H groups in total. The highest BCUT2D eigenvalue weighted by molar-refractivity contribution is 7.91. The Balaban J connectivity index is 2.19. The average molecular weight is 263 g/mol.